The maximum Gasteiger partial charge on any atom is 0.280 e. The summed E-state index contributed by atoms with van der Waals surface area (Å²) in [5, 5.41) is 10.7. The normalized spacial score (nSPS) is 18.3. The Morgan fingerprint density at radius 1 is 1.10 bits per heavy atom. The molecular weight excluding hydrogens is 554 g/mol. The van der Waals surface area contributed by atoms with Crippen molar-refractivity contribution < 1.29 is 27.5 Å². The van der Waals surface area contributed by atoms with Gasteiger partial charge in [0.2, 0.25) is 5.88 Å². The number of sulfone groups is 1. The second kappa shape index (κ2) is 13.0. The highest BCUT2D eigenvalue weighted by atomic mass is 32.2. The predicted octanol–water partition coefficient (Wildman–Crippen LogP) is 3.54. The molecule has 1 aromatic carbocycles. The van der Waals surface area contributed by atoms with Gasteiger partial charge in [0, 0.05) is 31.9 Å². The molecule has 0 bridgehead atoms. The van der Waals surface area contributed by atoms with Crippen LogP contribution in [-0.4, -0.2) is 74.8 Å². The molecule has 3 aromatic rings. The summed E-state index contributed by atoms with van der Waals surface area (Å²) in [5.41, 5.74) is 1.12. The van der Waals surface area contributed by atoms with E-state index in [1.54, 1.807) is 18.2 Å². The largest absolute Gasteiger partial charge is 0.473 e. The summed E-state index contributed by atoms with van der Waals surface area (Å²) < 4.78 is 36.2. The zero-order valence-corrected chi connectivity index (χ0v) is 23.9. The molecule has 1 saturated heterocycles. The summed E-state index contributed by atoms with van der Waals surface area (Å²) >= 11 is 1.23. The number of hydrogen-bond donors (Lipinski definition) is 2. The van der Waals surface area contributed by atoms with Crippen LogP contribution in [0.1, 0.15) is 44.1 Å². The molecule has 0 unspecified atom stereocenters. The lowest BCUT2D eigenvalue weighted by Gasteiger charge is -2.11. The third kappa shape index (κ3) is 7.14. The Morgan fingerprint density at radius 3 is 2.62 bits per heavy atom. The summed E-state index contributed by atoms with van der Waals surface area (Å²) in [7, 11) is -1.94. The highest BCUT2D eigenvalue weighted by Crippen LogP contribution is 2.27. The Bertz CT molecular complexity index is 1450. The molecular formula is C27H33N5O6S2. The van der Waals surface area contributed by atoms with Crippen LogP contribution < -0.4 is 15.4 Å². The molecule has 2 fully saturated rings. The highest BCUT2D eigenvalue weighted by molar-refractivity contribution is 7.91. The van der Waals surface area contributed by atoms with Crippen LogP contribution in [0, 0.1) is 0 Å². The fourth-order valence-electron chi connectivity index (χ4n) is 4.65. The van der Waals surface area contributed by atoms with Crippen molar-refractivity contribution in [1.29, 1.82) is 0 Å². The third-order valence-electron chi connectivity index (χ3n) is 6.81. The molecule has 1 amide bonds. The molecule has 214 valence electrons. The van der Waals surface area contributed by atoms with E-state index in [-0.39, 0.29) is 28.6 Å². The SMILES string of the molecule is COCCCS(=O)(=O)c1ccc(C(=NOC2CCCC2)C(=O)Nc2nc3ccc(O[C@@H]4CCNC4)nc3s2)cc1. The predicted molar refractivity (Wildman–Crippen MR) is 153 cm³/mol. The van der Waals surface area contributed by atoms with E-state index >= 15 is 0 Å². The van der Waals surface area contributed by atoms with E-state index in [4.69, 9.17) is 14.3 Å². The number of carbonyl (C=O) groups is 1. The van der Waals surface area contributed by atoms with Gasteiger partial charge < -0.3 is 19.6 Å². The van der Waals surface area contributed by atoms with Crippen molar-refractivity contribution >= 4 is 48.3 Å². The summed E-state index contributed by atoms with van der Waals surface area (Å²) in [6, 6.07) is 9.70. The van der Waals surface area contributed by atoms with Gasteiger partial charge in [0.1, 0.15) is 22.6 Å². The van der Waals surface area contributed by atoms with Crippen LogP contribution in [0.2, 0.25) is 0 Å². The van der Waals surface area contributed by atoms with Gasteiger partial charge in [-0.15, -0.1) is 0 Å². The summed E-state index contributed by atoms with van der Waals surface area (Å²) in [6.07, 6.45) is 5.22. The van der Waals surface area contributed by atoms with Crippen LogP contribution in [0.25, 0.3) is 10.3 Å². The number of amides is 1. The highest BCUT2D eigenvalue weighted by Gasteiger charge is 2.23. The summed E-state index contributed by atoms with van der Waals surface area (Å²) in [4.78, 5) is 29.0. The van der Waals surface area contributed by atoms with Crippen molar-refractivity contribution in [3.63, 3.8) is 0 Å². The number of hydrogen-bond acceptors (Lipinski definition) is 11. The molecule has 2 N–H and O–H groups in total. The minimum absolute atomic E-state index is 0.0254. The van der Waals surface area contributed by atoms with E-state index in [1.165, 1.54) is 30.6 Å². The van der Waals surface area contributed by atoms with E-state index in [9.17, 15) is 13.2 Å². The molecule has 40 heavy (non-hydrogen) atoms. The Labute approximate surface area is 237 Å². The smallest absolute Gasteiger partial charge is 0.280 e. The number of benzene rings is 1. The fourth-order valence-corrected chi connectivity index (χ4v) is 6.76. The van der Waals surface area contributed by atoms with Crippen LogP contribution in [0.3, 0.4) is 0 Å². The quantitative estimate of drug-likeness (QED) is 0.185. The first-order valence-corrected chi connectivity index (χ1v) is 15.9. The average molecular weight is 588 g/mol. The maximum absolute atomic E-state index is 13.4. The Kier molecular flexibility index (Phi) is 9.25. The van der Waals surface area contributed by atoms with Gasteiger partial charge in [-0.05, 0) is 63.3 Å². The van der Waals surface area contributed by atoms with E-state index < -0.39 is 15.7 Å². The van der Waals surface area contributed by atoms with Crippen molar-refractivity contribution in [2.24, 2.45) is 5.16 Å². The van der Waals surface area contributed by atoms with Crippen LogP contribution in [0.5, 0.6) is 5.88 Å². The lowest BCUT2D eigenvalue weighted by Crippen LogP contribution is -2.25. The van der Waals surface area contributed by atoms with Crippen LogP contribution in [0.15, 0.2) is 46.4 Å². The van der Waals surface area contributed by atoms with Gasteiger partial charge in [0.05, 0.1) is 10.6 Å². The third-order valence-corrected chi connectivity index (χ3v) is 9.51. The molecule has 1 aliphatic heterocycles. The molecule has 2 aliphatic rings. The van der Waals surface area contributed by atoms with Gasteiger partial charge in [0.15, 0.2) is 20.7 Å². The number of methoxy groups -OCH3 is 1. The summed E-state index contributed by atoms with van der Waals surface area (Å²) in [6.45, 7) is 2.07. The number of aromatic nitrogens is 2. The van der Waals surface area contributed by atoms with Gasteiger partial charge in [-0.25, -0.2) is 18.4 Å². The lowest BCUT2D eigenvalue weighted by atomic mass is 10.1. The molecule has 3 heterocycles. The standard InChI is InChI=1S/C27H33N5O6S2/c1-36-15-4-16-40(34,35)21-9-7-18(8-10-21)24(32-38-19-5-2-3-6-19)25(33)31-27-29-22-11-12-23(30-26(22)39-27)37-20-13-14-28-17-20/h7-12,19-20,28H,2-6,13-17H2,1H3,(H,29,31,33)/t20-/m1/s1. The zero-order valence-electron chi connectivity index (χ0n) is 22.3. The number of thiazole rings is 1. The van der Waals surface area contributed by atoms with Crippen LogP contribution in [0.4, 0.5) is 5.13 Å². The van der Waals surface area contributed by atoms with Crippen molar-refractivity contribution in [3.8, 4) is 5.88 Å². The number of nitrogens with zero attached hydrogens (tertiary/aromatic N) is 3. The van der Waals surface area contributed by atoms with Gasteiger partial charge in [-0.1, -0.05) is 28.6 Å². The number of rotatable bonds is 12. The van der Waals surface area contributed by atoms with Gasteiger partial charge in [-0.2, -0.15) is 0 Å². The van der Waals surface area contributed by atoms with Gasteiger partial charge in [-0.3, -0.25) is 10.1 Å². The van der Waals surface area contributed by atoms with Crippen molar-refractivity contribution in [2.45, 2.75) is 55.6 Å². The van der Waals surface area contributed by atoms with E-state index in [0.717, 1.165) is 45.2 Å². The zero-order chi connectivity index (χ0) is 28.0. The Morgan fingerprint density at radius 2 is 1.90 bits per heavy atom. The fraction of sp³-hybridized carbons (Fsp3) is 0.481. The minimum atomic E-state index is -3.48. The van der Waals surface area contributed by atoms with Crippen molar-refractivity contribution in [3.05, 3.63) is 42.0 Å². The molecule has 11 nitrogen and oxygen atoms in total. The van der Waals surface area contributed by atoms with Crippen LogP contribution in [-0.2, 0) is 24.2 Å². The van der Waals surface area contributed by atoms with E-state index in [0.29, 0.717) is 39.9 Å². The average Bonchev–Trinajstić information content (AvgIpc) is 3.72. The molecule has 0 spiro atoms. The van der Waals surface area contributed by atoms with Gasteiger partial charge >= 0.3 is 0 Å². The van der Waals surface area contributed by atoms with Crippen molar-refractivity contribution in [1.82, 2.24) is 15.3 Å². The molecule has 1 atom stereocenters. The topological polar surface area (TPSA) is 141 Å². The number of anilines is 1. The first kappa shape index (κ1) is 28.4. The Hall–Kier alpha value is -3.13. The molecule has 5 rings (SSSR count). The monoisotopic (exact) mass is 587 g/mol. The molecule has 1 aliphatic carbocycles. The first-order valence-electron chi connectivity index (χ1n) is 13.4. The van der Waals surface area contributed by atoms with Crippen molar-refractivity contribution in [2.75, 3.05) is 37.9 Å². The first-order chi connectivity index (χ1) is 19.4. The maximum atomic E-state index is 13.4. The number of fused-ring (bicyclic) bond motifs is 1. The second-order valence-electron chi connectivity index (χ2n) is 9.82. The number of ether oxygens (including phenoxy) is 2. The Balaban J connectivity index is 1.33. The molecule has 2 aromatic heterocycles. The molecule has 1 saturated carbocycles. The summed E-state index contributed by atoms with van der Waals surface area (Å²) in [5.74, 6) is -0.0176. The second-order valence-corrected chi connectivity index (χ2v) is 12.9. The number of oxime groups is 1. The minimum Gasteiger partial charge on any atom is -0.473 e. The van der Waals surface area contributed by atoms with E-state index in [2.05, 4.69) is 25.8 Å². The van der Waals surface area contributed by atoms with Gasteiger partial charge in [0.25, 0.3) is 5.91 Å². The number of pyridine rings is 1. The van der Waals surface area contributed by atoms with Crippen LogP contribution >= 0.6 is 11.3 Å². The lowest BCUT2D eigenvalue weighted by molar-refractivity contribution is -0.110. The van der Waals surface area contributed by atoms with E-state index in [1.807, 2.05) is 6.07 Å². The molecule has 13 heteroatoms. The number of nitrogens with one attached hydrogen (secondary N) is 2. The molecule has 0 radical (unpaired) electrons. The number of carbonyl (C=O) groups excluding carboxylic acids is 1.